The van der Waals surface area contributed by atoms with Crippen molar-refractivity contribution in [2.75, 3.05) is 0 Å². The van der Waals surface area contributed by atoms with Gasteiger partial charge in [0.05, 0.1) is 11.9 Å². The van der Waals surface area contributed by atoms with Crippen LogP contribution in [0.5, 0.6) is 0 Å². The van der Waals surface area contributed by atoms with Gasteiger partial charge in [-0.1, -0.05) is 35.5 Å². The summed E-state index contributed by atoms with van der Waals surface area (Å²) in [4.78, 5) is 0. The number of hydrogen-bond acceptors (Lipinski definition) is 2. The molecular formula is C18H14N4. The van der Waals surface area contributed by atoms with E-state index >= 15 is 0 Å². The van der Waals surface area contributed by atoms with E-state index < -0.39 is 0 Å². The van der Waals surface area contributed by atoms with E-state index in [1.807, 2.05) is 61.1 Å². The quantitative estimate of drug-likeness (QED) is 0.575. The van der Waals surface area contributed by atoms with Crippen molar-refractivity contribution in [1.82, 2.24) is 19.6 Å². The van der Waals surface area contributed by atoms with E-state index in [9.17, 15) is 0 Å². The number of rotatable bonds is 3. The molecule has 0 atom stereocenters. The second kappa shape index (κ2) is 5.33. The molecule has 0 aliphatic heterocycles. The van der Waals surface area contributed by atoms with Gasteiger partial charge in [-0.05, 0) is 36.4 Å². The fraction of sp³-hybridized carbons (Fsp3) is 0. The van der Waals surface area contributed by atoms with Gasteiger partial charge in [-0.15, -0.1) is 5.10 Å². The Kier molecular flexibility index (Phi) is 3.05. The number of hydrogen-bond donors (Lipinski definition) is 0. The molecule has 0 bridgehead atoms. The van der Waals surface area contributed by atoms with E-state index in [0.717, 1.165) is 22.6 Å². The molecular weight excluding hydrogens is 272 g/mol. The van der Waals surface area contributed by atoms with Gasteiger partial charge in [0, 0.05) is 23.6 Å². The van der Waals surface area contributed by atoms with Crippen molar-refractivity contribution in [1.29, 1.82) is 0 Å². The predicted octanol–water partition coefficient (Wildman–Crippen LogP) is 3.73. The lowest BCUT2D eigenvalue weighted by Crippen LogP contribution is -1.93. The Hall–Kier alpha value is -3.14. The smallest absolute Gasteiger partial charge is 0.113 e. The van der Waals surface area contributed by atoms with Crippen LogP contribution in [0.3, 0.4) is 0 Å². The lowest BCUT2D eigenvalue weighted by atomic mass is 10.1. The van der Waals surface area contributed by atoms with Crippen LogP contribution in [-0.4, -0.2) is 19.6 Å². The Balaban J connectivity index is 1.64. The van der Waals surface area contributed by atoms with Crippen LogP contribution in [0.2, 0.25) is 0 Å². The van der Waals surface area contributed by atoms with Gasteiger partial charge in [-0.3, -0.25) is 0 Å². The van der Waals surface area contributed by atoms with Gasteiger partial charge in [0.1, 0.15) is 5.69 Å². The highest BCUT2D eigenvalue weighted by Crippen LogP contribution is 2.19. The highest BCUT2D eigenvalue weighted by atomic mass is 15.4. The summed E-state index contributed by atoms with van der Waals surface area (Å²) in [6.07, 6.45) is 6.00. The summed E-state index contributed by atoms with van der Waals surface area (Å²) in [6, 6.07) is 22.3. The number of benzene rings is 2. The van der Waals surface area contributed by atoms with E-state index in [4.69, 9.17) is 0 Å². The van der Waals surface area contributed by atoms with Crippen molar-refractivity contribution < 1.29 is 0 Å². The average molecular weight is 286 g/mol. The minimum absolute atomic E-state index is 0.864. The summed E-state index contributed by atoms with van der Waals surface area (Å²) < 4.78 is 3.86. The Bertz CT molecular complexity index is 859. The second-order valence-corrected chi connectivity index (χ2v) is 5.02. The summed E-state index contributed by atoms with van der Waals surface area (Å²) in [5.74, 6) is 0. The van der Waals surface area contributed by atoms with Crippen LogP contribution in [0, 0.1) is 0 Å². The Morgan fingerprint density at radius 1 is 0.682 bits per heavy atom. The van der Waals surface area contributed by atoms with Gasteiger partial charge in [-0.25, -0.2) is 4.68 Å². The fourth-order valence-corrected chi connectivity index (χ4v) is 2.41. The lowest BCUT2D eigenvalue weighted by Gasteiger charge is -2.03. The Morgan fingerprint density at radius 2 is 1.41 bits per heavy atom. The number of para-hydroxylation sites is 1. The molecule has 4 rings (SSSR count). The van der Waals surface area contributed by atoms with Crippen LogP contribution in [0.25, 0.3) is 22.6 Å². The zero-order chi connectivity index (χ0) is 14.8. The molecule has 0 amide bonds. The van der Waals surface area contributed by atoms with Crippen molar-refractivity contribution in [3.05, 3.63) is 85.3 Å². The first-order valence-corrected chi connectivity index (χ1v) is 7.12. The zero-order valence-corrected chi connectivity index (χ0v) is 11.9. The van der Waals surface area contributed by atoms with Gasteiger partial charge in [0.2, 0.25) is 0 Å². The molecule has 2 aromatic carbocycles. The standard InChI is InChI=1S/C18H14N4/c1-2-6-17(7-3-1)22-14-18(19-20-22)15-8-10-16(11-9-15)21-12-4-5-13-21/h1-14H. The molecule has 0 saturated carbocycles. The van der Waals surface area contributed by atoms with E-state index in [-0.39, 0.29) is 0 Å². The topological polar surface area (TPSA) is 35.6 Å². The van der Waals surface area contributed by atoms with Crippen molar-refractivity contribution in [2.45, 2.75) is 0 Å². The molecule has 4 nitrogen and oxygen atoms in total. The molecule has 0 spiro atoms. The highest BCUT2D eigenvalue weighted by Gasteiger charge is 2.05. The maximum atomic E-state index is 4.26. The van der Waals surface area contributed by atoms with Gasteiger partial charge in [0.25, 0.3) is 0 Å². The van der Waals surface area contributed by atoms with Gasteiger partial charge in [-0.2, -0.15) is 0 Å². The third-order valence-electron chi connectivity index (χ3n) is 3.58. The van der Waals surface area contributed by atoms with Crippen molar-refractivity contribution in [3.8, 4) is 22.6 Å². The van der Waals surface area contributed by atoms with E-state index in [1.54, 1.807) is 4.68 Å². The zero-order valence-electron chi connectivity index (χ0n) is 11.9. The third kappa shape index (κ3) is 2.31. The molecule has 0 radical (unpaired) electrons. The monoisotopic (exact) mass is 286 g/mol. The molecule has 0 unspecified atom stereocenters. The normalized spacial score (nSPS) is 10.7. The Labute approximate surface area is 128 Å². The third-order valence-corrected chi connectivity index (χ3v) is 3.58. The number of aromatic nitrogens is 4. The van der Waals surface area contributed by atoms with Crippen molar-refractivity contribution in [3.63, 3.8) is 0 Å². The maximum Gasteiger partial charge on any atom is 0.113 e. The molecule has 2 heterocycles. The SMILES string of the molecule is c1ccc(-n2cc(-c3ccc(-n4cccc4)cc3)nn2)cc1. The number of nitrogens with zero attached hydrogens (tertiary/aromatic N) is 4. The first-order valence-electron chi connectivity index (χ1n) is 7.12. The van der Waals surface area contributed by atoms with Crippen LogP contribution in [0.4, 0.5) is 0 Å². The molecule has 106 valence electrons. The summed E-state index contributed by atoms with van der Waals surface area (Å²) in [7, 11) is 0. The van der Waals surface area contributed by atoms with Crippen molar-refractivity contribution >= 4 is 0 Å². The van der Waals surface area contributed by atoms with Crippen LogP contribution in [-0.2, 0) is 0 Å². The fourth-order valence-electron chi connectivity index (χ4n) is 2.41. The van der Waals surface area contributed by atoms with Crippen LogP contribution in [0.15, 0.2) is 85.3 Å². The van der Waals surface area contributed by atoms with Gasteiger partial charge in [0.15, 0.2) is 0 Å². The van der Waals surface area contributed by atoms with E-state index in [1.165, 1.54) is 0 Å². The second-order valence-electron chi connectivity index (χ2n) is 5.02. The minimum atomic E-state index is 0.864. The highest BCUT2D eigenvalue weighted by molar-refractivity contribution is 5.60. The van der Waals surface area contributed by atoms with E-state index in [2.05, 4.69) is 39.1 Å². The molecule has 4 aromatic rings. The first kappa shape index (κ1) is 12.6. The molecule has 0 aliphatic carbocycles. The summed E-state index contributed by atoms with van der Waals surface area (Å²) in [5, 5.41) is 8.46. The summed E-state index contributed by atoms with van der Waals surface area (Å²) in [5.41, 5.74) is 4.05. The molecule has 0 saturated heterocycles. The summed E-state index contributed by atoms with van der Waals surface area (Å²) >= 11 is 0. The molecule has 0 aliphatic rings. The molecule has 22 heavy (non-hydrogen) atoms. The average Bonchev–Trinajstić information content (AvgIpc) is 3.28. The molecule has 2 aromatic heterocycles. The van der Waals surface area contributed by atoms with Gasteiger partial charge >= 0.3 is 0 Å². The molecule has 0 N–H and O–H groups in total. The Morgan fingerprint density at radius 3 is 2.14 bits per heavy atom. The van der Waals surface area contributed by atoms with Crippen molar-refractivity contribution in [2.24, 2.45) is 0 Å². The molecule has 0 fully saturated rings. The lowest BCUT2D eigenvalue weighted by molar-refractivity contribution is 0.804. The van der Waals surface area contributed by atoms with Crippen LogP contribution >= 0.6 is 0 Å². The van der Waals surface area contributed by atoms with Crippen LogP contribution < -0.4 is 0 Å². The van der Waals surface area contributed by atoms with Gasteiger partial charge < -0.3 is 4.57 Å². The van der Waals surface area contributed by atoms with Crippen LogP contribution in [0.1, 0.15) is 0 Å². The largest absolute Gasteiger partial charge is 0.324 e. The predicted molar refractivity (Wildman–Crippen MR) is 86.1 cm³/mol. The first-order chi connectivity index (χ1) is 10.9. The van der Waals surface area contributed by atoms with E-state index in [0.29, 0.717) is 0 Å². The minimum Gasteiger partial charge on any atom is -0.324 e. The maximum absolute atomic E-state index is 4.26. The molecule has 4 heteroatoms. The summed E-state index contributed by atoms with van der Waals surface area (Å²) in [6.45, 7) is 0.